The van der Waals surface area contributed by atoms with Crippen molar-refractivity contribution in [1.82, 2.24) is 0 Å². The molecule has 1 aliphatic rings. The Morgan fingerprint density at radius 1 is 1.00 bits per heavy atom. The Hall–Kier alpha value is -2.79. The zero-order chi connectivity index (χ0) is 18.8. The lowest BCUT2D eigenvalue weighted by molar-refractivity contribution is 0.102. The third-order valence-corrected chi connectivity index (χ3v) is 5.11. The van der Waals surface area contributed by atoms with E-state index in [2.05, 4.69) is 10.6 Å². The van der Waals surface area contributed by atoms with Crippen molar-refractivity contribution in [2.45, 2.75) is 31.7 Å². The van der Waals surface area contributed by atoms with Crippen molar-refractivity contribution in [3.8, 4) is 0 Å². The van der Waals surface area contributed by atoms with E-state index in [4.69, 9.17) is 16.0 Å². The summed E-state index contributed by atoms with van der Waals surface area (Å²) >= 11 is 5.88. The summed E-state index contributed by atoms with van der Waals surface area (Å²) in [4.78, 5) is 25.2. The summed E-state index contributed by atoms with van der Waals surface area (Å²) in [7, 11) is 0. The Kier molecular flexibility index (Phi) is 4.86. The topological polar surface area (TPSA) is 71.3 Å². The van der Waals surface area contributed by atoms with Gasteiger partial charge in [-0.1, -0.05) is 36.6 Å². The van der Waals surface area contributed by atoms with Gasteiger partial charge < -0.3 is 15.1 Å². The molecule has 1 fully saturated rings. The first-order valence-electron chi connectivity index (χ1n) is 9.01. The zero-order valence-corrected chi connectivity index (χ0v) is 15.4. The van der Waals surface area contributed by atoms with Crippen LogP contribution in [0.25, 0.3) is 11.0 Å². The van der Waals surface area contributed by atoms with Crippen molar-refractivity contribution in [3.05, 3.63) is 69.5 Å². The van der Waals surface area contributed by atoms with Crippen LogP contribution in [0.3, 0.4) is 0 Å². The summed E-state index contributed by atoms with van der Waals surface area (Å²) in [6, 6.07) is 14.1. The molecule has 5 nitrogen and oxygen atoms in total. The van der Waals surface area contributed by atoms with Gasteiger partial charge in [0.2, 0.25) is 0 Å². The number of para-hydroxylation sites is 1. The number of carbonyl (C=O) groups excluding carboxylic acids is 1. The molecule has 1 saturated carbocycles. The number of rotatable bonds is 4. The van der Waals surface area contributed by atoms with Crippen LogP contribution in [-0.2, 0) is 0 Å². The highest BCUT2D eigenvalue weighted by Gasteiger charge is 2.22. The average Bonchev–Trinajstić information content (AvgIpc) is 3.18. The van der Waals surface area contributed by atoms with Crippen molar-refractivity contribution in [2.24, 2.45) is 0 Å². The fourth-order valence-corrected chi connectivity index (χ4v) is 3.60. The first-order valence-corrected chi connectivity index (χ1v) is 9.39. The van der Waals surface area contributed by atoms with Gasteiger partial charge in [0.25, 0.3) is 5.91 Å². The first-order chi connectivity index (χ1) is 13.1. The molecule has 0 radical (unpaired) electrons. The van der Waals surface area contributed by atoms with Gasteiger partial charge in [-0.3, -0.25) is 4.79 Å². The standard InChI is InChI=1S/C21H19ClN2O3/c22-14-11-9-13(10-12-14)20(25)24-19-18(23-15-5-1-2-6-15)16-7-3-4-8-17(16)27-21(19)26/h3-4,7-12,15,23H,1-2,5-6H2,(H,24,25). The minimum atomic E-state index is -0.573. The number of hydrogen-bond acceptors (Lipinski definition) is 4. The molecule has 6 heteroatoms. The monoisotopic (exact) mass is 382 g/mol. The zero-order valence-electron chi connectivity index (χ0n) is 14.6. The summed E-state index contributed by atoms with van der Waals surface area (Å²) in [5, 5.41) is 7.51. The minimum absolute atomic E-state index is 0.139. The molecule has 0 aliphatic heterocycles. The van der Waals surface area contributed by atoms with E-state index in [-0.39, 0.29) is 17.6 Å². The first kappa shape index (κ1) is 17.6. The van der Waals surface area contributed by atoms with E-state index in [1.165, 1.54) is 0 Å². The van der Waals surface area contributed by atoms with E-state index in [1.54, 1.807) is 30.3 Å². The van der Waals surface area contributed by atoms with Crippen molar-refractivity contribution in [2.75, 3.05) is 10.6 Å². The summed E-state index contributed by atoms with van der Waals surface area (Å²) in [6.07, 6.45) is 4.39. The van der Waals surface area contributed by atoms with Crippen molar-refractivity contribution in [3.63, 3.8) is 0 Å². The normalized spacial score (nSPS) is 14.4. The fraction of sp³-hybridized carbons (Fsp3) is 0.238. The molecule has 2 N–H and O–H groups in total. The number of nitrogens with one attached hydrogen (secondary N) is 2. The van der Waals surface area contributed by atoms with Gasteiger partial charge in [-0.05, 0) is 49.2 Å². The van der Waals surface area contributed by atoms with Gasteiger partial charge in [0, 0.05) is 22.0 Å². The maximum atomic E-state index is 12.6. The Bertz CT molecular complexity index is 1040. The lowest BCUT2D eigenvalue weighted by Crippen LogP contribution is -2.23. The highest BCUT2D eigenvalue weighted by atomic mass is 35.5. The number of anilines is 2. The van der Waals surface area contributed by atoms with Crippen LogP contribution in [0.5, 0.6) is 0 Å². The van der Waals surface area contributed by atoms with Gasteiger partial charge in [-0.25, -0.2) is 4.79 Å². The molecule has 0 bridgehead atoms. The summed E-state index contributed by atoms with van der Waals surface area (Å²) in [6.45, 7) is 0. The second kappa shape index (κ2) is 7.45. The quantitative estimate of drug-likeness (QED) is 0.619. The highest BCUT2D eigenvalue weighted by Crippen LogP contribution is 2.32. The van der Waals surface area contributed by atoms with Crippen molar-refractivity contribution in [1.29, 1.82) is 0 Å². The number of fused-ring (bicyclic) bond motifs is 1. The lowest BCUT2D eigenvalue weighted by atomic mass is 10.1. The van der Waals surface area contributed by atoms with Gasteiger partial charge in [0.05, 0.1) is 5.69 Å². The number of carbonyl (C=O) groups is 1. The molecular weight excluding hydrogens is 364 g/mol. The Morgan fingerprint density at radius 2 is 1.70 bits per heavy atom. The fourth-order valence-electron chi connectivity index (χ4n) is 3.47. The lowest BCUT2D eigenvalue weighted by Gasteiger charge is -2.18. The van der Waals surface area contributed by atoms with Crippen LogP contribution in [-0.4, -0.2) is 11.9 Å². The third kappa shape index (κ3) is 3.69. The SMILES string of the molecule is O=C(Nc1c(NC2CCCC2)c2ccccc2oc1=O)c1ccc(Cl)cc1. The van der Waals surface area contributed by atoms with Gasteiger partial charge >= 0.3 is 5.63 Å². The molecule has 0 spiro atoms. The molecule has 4 rings (SSSR count). The smallest absolute Gasteiger partial charge is 0.362 e. The van der Waals surface area contributed by atoms with Gasteiger partial charge in [-0.15, -0.1) is 0 Å². The van der Waals surface area contributed by atoms with E-state index in [0.29, 0.717) is 21.9 Å². The second-order valence-corrected chi connectivity index (χ2v) is 7.16. The van der Waals surface area contributed by atoms with Gasteiger partial charge in [0.1, 0.15) is 5.58 Å². The Labute approximate surface area is 161 Å². The molecule has 3 aromatic rings. The number of halogens is 1. The van der Waals surface area contributed by atoms with Crippen LogP contribution >= 0.6 is 11.6 Å². The molecule has 0 atom stereocenters. The van der Waals surface area contributed by atoms with E-state index in [0.717, 1.165) is 31.1 Å². The van der Waals surface area contributed by atoms with E-state index < -0.39 is 5.63 Å². The molecule has 27 heavy (non-hydrogen) atoms. The molecule has 138 valence electrons. The molecule has 1 aromatic heterocycles. The summed E-state index contributed by atoms with van der Waals surface area (Å²) in [5.41, 5.74) is 1.10. The molecule has 0 saturated heterocycles. The van der Waals surface area contributed by atoms with Crippen LogP contribution in [0.1, 0.15) is 36.0 Å². The molecule has 1 aliphatic carbocycles. The Balaban J connectivity index is 1.76. The maximum absolute atomic E-state index is 12.6. The van der Waals surface area contributed by atoms with Gasteiger partial charge in [-0.2, -0.15) is 0 Å². The molecule has 2 aromatic carbocycles. The van der Waals surface area contributed by atoms with Gasteiger partial charge in [0.15, 0.2) is 5.69 Å². The van der Waals surface area contributed by atoms with Crippen molar-refractivity contribution < 1.29 is 9.21 Å². The van der Waals surface area contributed by atoms with Crippen LogP contribution < -0.4 is 16.3 Å². The largest absolute Gasteiger partial charge is 0.421 e. The average molecular weight is 383 g/mol. The third-order valence-electron chi connectivity index (χ3n) is 4.86. The molecule has 1 amide bonds. The molecule has 0 unspecified atom stereocenters. The highest BCUT2D eigenvalue weighted by molar-refractivity contribution is 6.30. The summed E-state index contributed by atoms with van der Waals surface area (Å²) < 4.78 is 5.42. The van der Waals surface area contributed by atoms with Crippen LogP contribution in [0, 0.1) is 0 Å². The predicted octanol–water partition coefficient (Wildman–Crippen LogP) is 5.05. The summed E-state index contributed by atoms with van der Waals surface area (Å²) in [5.74, 6) is -0.385. The molecular formula is C21H19ClN2O3. The van der Waals surface area contributed by atoms with E-state index in [1.807, 2.05) is 18.2 Å². The number of amides is 1. The minimum Gasteiger partial charge on any atom is -0.421 e. The van der Waals surface area contributed by atoms with Crippen LogP contribution in [0.15, 0.2) is 57.7 Å². The van der Waals surface area contributed by atoms with E-state index >= 15 is 0 Å². The van der Waals surface area contributed by atoms with Crippen LogP contribution in [0.2, 0.25) is 5.02 Å². The maximum Gasteiger partial charge on any atom is 0.362 e. The Morgan fingerprint density at radius 3 is 2.44 bits per heavy atom. The number of benzene rings is 2. The predicted molar refractivity (Wildman–Crippen MR) is 108 cm³/mol. The molecule has 1 heterocycles. The van der Waals surface area contributed by atoms with Crippen molar-refractivity contribution >= 4 is 39.9 Å². The van der Waals surface area contributed by atoms with E-state index in [9.17, 15) is 9.59 Å². The van der Waals surface area contributed by atoms with Crippen LogP contribution in [0.4, 0.5) is 11.4 Å². The second-order valence-electron chi connectivity index (χ2n) is 6.72. The number of hydrogen-bond donors (Lipinski definition) is 2.